The van der Waals surface area contributed by atoms with E-state index in [4.69, 9.17) is 4.98 Å². The Bertz CT molecular complexity index is 1040. The van der Waals surface area contributed by atoms with E-state index in [1.165, 1.54) is 5.56 Å². The first-order chi connectivity index (χ1) is 17.0. The van der Waals surface area contributed by atoms with Crippen LogP contribution in [0.4, 0.5) is 5.82 Å². The van der Waals surface area contributed by atoms with Gasteiger partial charge in [-0.1, -0.05) is 36.4 Å². The molecule has 35 heavy (non-hydrogen) atoms. The van der Waals surface area contributed by atoms with Crippen LogP contribution in [0.15, 0.2) is 42.5 Å². The van der Waals surface area contributed by atoms with Crippen LogP contribution in [0.3, 0.4) is 0 Å². The summed E-state index contributed by atoms with van der Waals surface area (Å²) in [6, 6.07) is 13.4. The zero-order valence-electron chi connectivity index (χ0n) is 20.0. The van der Waals surface area contributed by atoms with Crippen molar-refractivity contribution in [3.8, 4) is 0 Å². The molecule has 2 atom stereocenters. The van der Waals surface area contributed by atoms with Crippen LogP contribution >= 0.6 is 0 Å². The number of benzene rings is 1. The smallest absolute Gasteiger partial charge is 0.303 e. The molecule has 3 N–H and O–H groups in total. The van der Waals surface area contributed by atoms with E-state index in [0.29, 0.717) is 25.9 Å². The molecule has 4 rings (SSSR count). The Labute approximate surface area is 206 Å². The number of carboxylic acid groups (broad SMARTS) is 1. The highest BCUT2D eigenvalue weighted by molar-refractivity contribution is 5.79. The average molecular weight is 479 g/mol. The largest absolute Gasteiger partial charge is 0.481 e. The van der Waals surface area contributed by atoms with Gasteiger partial charge in [-0.15, -0.1) is 0 Å². The normalized spacial score (nSPS) is 17.8. The number of nitrogens with zero attached hydrogens (tertiary/aromatic N) is 2. The zero-order chi connectivity index (χ0) is 24.6. The third kappa shape index (κ3) is 7.04. The minimum Gasteiger partial charge on any atom is -0.481 e. The molecule has 0 radical (unpaired) electrons. The van der Waals surface area contributed by atoms with Crippen molar-refractivity contribution < 1.29 is 19.5 Å². The Kier molecular flexibility index (Phi) is 8.34. The molecule has 1 saturated heterocycles. The molecule has 0 bridgehead atoms. The van der Waals surface area contributed by atoms with Crippen LogP contribution in [0.1, 0.15) is 61.3 Å². The molecule has 0 saturated carbocycles. The van der Waals surface area contributed by atoms with Crippen molar-refractivity contribution in [2.45, 2.75) is 63.3 Å². The summed E-state index contributed by atoms with van der Waals surface area (Å²) < 4.78 is 0. The van der Waals surface area contributed by atoms with Crippen LogP contribution < -0.4 is 10.6 Å². The molecular weight excluding hydrogens is 444 g/mol. The Hall–Kier alpha value is -3.42. The summed E-state index contributed by atoms with van der Waals surface area (Å²) >= 11 is 0. The number of anilines is 1. The number of aromatic nitrogens is 1. The zero-order valence-corrected chi connectivity index (χ0v) is 20.0. The van der Waals surface area contributed by atoms with Crippen LogP contribution in [-0.4, -0.2) is 58.5 Å². The third-order valence-corrected chi connectivity index (χ3v) is 6.81. The molecule has 0 unspecified atom stereocenters. The van der Waals surface area contributed by atoms with E-state index < -0.39 is 5.97 Å². The summed E-state index contributed by atoms with van der Waals surface area (Å²) in [6.07, 6.45) is 4.89. The molecular formula is C27H34N4O4. The first-order valence-electron chi connectivity index (χ1n) is 12.5. The first-order valence-corrected chi connectivity index (χ1v) is 12.5. The molecule has 3 heterocycles. The molecule has 186 valence electrons. The van der Waals surface area contributed by atoms with Crippen LogP contribution in [0, 0.1) is 0 Å². The maximum atomic E-state index is 12.7. The van der Waals surface area contributed by atoms with Crippen LogP contribution in [-0.2, 0) is 27.2 Å². The number of nitrogens with one attached hydrogen (secondary N) is 2. The van der Waals surface area contributed by atoms with E-state index in [2.05, 4.69) is 22.8 Å². The second-order valence-corrected chi connectivity index (χ2v) is 9.50. The van der Waals surface area contributed by atoms with Gasteiger partial charge < -0.3 is 20.6 Å². The van der Waals surface area contributed by atoms with Crippen LogP contribution in [0.5, 0.6) is 0 Å². The minimum atomic E-state index is -0.925. The molecule has 2 aliphatic heterocycles. The molecule has 8 nitrogen and oxygen atoms in total. The van der Waals surface area contributed by atoms with Gasteiger partial charge in [0.15, 0.2) is 0 Å². The molecule has 2 aromatic rings. The molecule has 8 heteroatoms. The maximum Gasteiger partial charge on any atom is 0.303 e. The predicted octanol–water partition coefficient (Wildman–Crippen LogP) is 3.13. The van der Waals surface area contributed by atoms with Gasteiger partial charge in [0.2, 0.25) is 11.8 Å². The Morgan fingerprint density at radius 2 is 1.97 bits per heavy atom. The lowest BCUT2D eigenvalue weighted by Gasteiger charge is -2.19. The van der Waals surface area contributed by atoms with E-state index in [1.54, 1.807) is 0 Å². The van der Waals surface area contributed by atoms with Gasteiger partial charge in [0.05, 0.1) is 6.42 Å². The molecule has 0 spiro atoms. The van der Waals surface area contributed by atoms with Crippen molar-refractivity contribution in [2.75, 3.05) is 25.0 Å². The molecule has 1 aromatic heterocycles. The van der Waals surface area contributed by atoms with E-state index in [-0.39, 0.29) is 36.6 Å². The molecule has 1 aromatic carbocycles. The number of carbonyl (C=O) groups excluding carboxylic acids is 2. The Balaban J connectivity index is 1.20. The quantitative estimate of drug-likeness (QED) is 0.484. The topological polar surface area (TPSA) is 112 Å². The predicted molar refractivity (Wildman–Crippen MR) is 133 cm³/mol. The number of likely N-dealkylation sites (tertiary alicyclic amines) is 1. The van der Waals surface area contributed by atoms with Gasteiger partial charge in [0, 0.05) is 50.1 Å². The Morgan fingerprint density at radius 3 is 2.77 bits per heavy atom. The standard InChI is InChI=1S/C27H34N4O4/c32-24(16-21(17-26(34)35)19-6-2-1-3-7-19)29-23-13-15-31(18-23)25(33)10-4-9-22-12-11-20-8-5-14-28-27(20)30-22/h1-3,6-7,11-12,21,23H,4-5,8-10,13-18H2,(H,28,30)(H,29,32)(H,34,35)/t21-,23-/m1/s1. The van der Waals surface area contributed by atoms with E-state index in [1.807, 2.05) is 35.2 Å². The van der Waals surface area contributed by atoms with Crippen molar-refractivity contribution in [1.29, 1.82) is 0 Å². The number of amides is 2. The fourth-order valence-corrected chi connectivity index (χ4v) is 4.95. The molecule has 2 amide bonds. The highest BCUT2D eigenvalue weighted by Gasteiger charge is 2.28. The number of aryl methyl sites for hydroxylation is 2. The van der Waals surface area contributed by atoms with Crippen LogP contribution in [0.25, 0.3) is 0 Å². The fourth-order valence-electron chi connectivity index (χ4n) is 4.95. The monoisotopic (exact) mass is 478 g/mol. The molecule has 2 aliphatic rings. The highest BCUT2D eigenvalue weighted by atomic mass is 16.4. The summed E-state index contributed by atoms with van der Waals surface area (Å²) in [7, 11) is 0. The van der Waals surface area contributed by atoms with Gasteiger partial charge in [-0.25, -0.2) is 4.98 Å². The number of carboxylic acids is 1. The van der Waals surface area contributed by atoms with Gasteiger partial charge >= 0.3 is 5.97 Å². The number of pyridine rings is 1. The van der Waals surface area contributed by atoms with Crippen molar-refractivity contribution in [3.63, 3.8) is 0 Å². The molecule has 0 aliphatic carbocycles. The maximum absolute atomic E-state index is 12.7. The van der Waals surface area contributed by atoms with E-state index in [0.717, 1.165) is 49.3 Å². The minimum absolute atomic E-state index is 0.0954. The fraction of sp³-hybridized carbons (Fsp3) is 0.481. The number of aliphatic carboxylic acids is 1. The number of hydrogen-bond acceptors (Lipinski definition) is 5. The summed E-state index contributed by atoms with van der Waals surface area (Å²) in [5.74, 6) is -0.389. The van der Waals surface area contributed by atoms with Crippen molar-refractivity contribution >= 4 is 23.6 Å². The van der Waals surface area contributed by atoms with Crippen LogP contribution in [0.2, 0.25) is 0 Å². The summed E-state index contributed by atoms with van der Waals surface area (Å²) in [5, 5.41) is 15.6. The molecule has 1 fully saturated rings. The first kappa shape index (κ1) is 24.7. The number of rotatable bonds is 10. The van der Waals surface area contributed by atoms with Gasteiger partial charge in [0.25, 0.3) is 0 Å². The number of fused-ring (bicyclic) bond motifs is 1. The van der Waals surface area contributed by atoms with Gasteiger partial charge in [-0.05, 0) is 49.3 Å². The van der Waals surface area contributed by atoms with E-state index in [9.17, 15) is 19.5 Å². The summed E-state index contributed by atoms with van der Waals surface area (Å²) in [4.78, 5) is 43.1. The van der Waals surface area contributed by atoms with Gasteiger partial charge in [-0.2, -0.15) is 0 Å². The number of hydrogen-bond donors (Lipinski definition) is 3. The summed E-state index contributed by atoms with van der Waals surface area (Å²) in [6.45, 7) is 2.09. The lowest BCUT2D eigenvalue weighted by Crippen LogP contribution is -2.39. The van der Waals surface area contributed by atoms with Crippen molar-refractivity contribution in [2.24, 2.45) is 0 Å². The van der Waals surface area contributed by atoms with Gasteiger partial charge in [-0.3, -0.25) is 14.4 Å². The number of carbonyl (C=O) groups is 3. The lowest BCUT2D eigenvalue weighted by molar-refractivity contribution is -0.137. The SMILES string of the molecule is O=C(O)C[C@@H](CC(=O)N[C@@H]1CCN(C(=O)CCCc2ccc3c(n2)NCCC3)C1)c1ccccc1. The lowest BCUT2D eigenvalue weighted by atomic mass is 9.92. The van der Waals surface area contributed by atoms with Gasteiger partial charge in [0.1, 0.15) is 5.82 Å². The van der Waals surface area contributed by atoms with Crippen molar-refractivity contribution in [1.82, 2.24) is 15.2 Å². The second kappa shape index (κ2) is 11.8. The summed E-state index contributed by atoms with van der Waals surface area (Å²) in [5.41, 5.74) is 3.11. The van der Waals surface area contributed by atoms with E-state index >= 15 is 0 Å². The second-order valence-electron chi connectivity index (χ2n) is 9.50. The average Bonchev–Trinajstić information content (AvgIpc) is 3.32. The Morgan fingerprint density at radius 1 is 1.14 bits per heavy atom. The third-order valence-electron chi connectivity index (χ3n) is 6.81. The van der Waals surface area contributed by atoms with Crippen molar-refractivity contribution in [3.05, 3.63) is 59.3 Å². The highest BCUT2D eigenvalue weighted by Crippen LogP contribution is 2.24.